The van der Waals surface area contributed by atoms with Crippen LogP contribution in [0.5, 0.6) is 0 Å². The van der Waals surface area contributed by atoms with Crippen molar-refractivity contribution in [2.75, 3.05) is 32.8 Å². The van der Waals surface area contributed by atoms with Crippen LogP contribution in [0.1, 0.15) is 39.5 Å². The predicted octanol–water partition coefficient (Wildman–Crippen LogP) is 1.65. The van der Waals surface area contributed by atoms with Gasteiger partial charge in [-0.05, 0) is 31.6 Å². The molecule has 19 heavy (non-hydrogen) atoms. The zero-order chi connectivity index (χ0) is 13.7. The van der Waals surface area contributed by atoms with E-state index < -0.39 is 0 Å². The normalized spacial score (nSPS) is 30.8. The largest absolute Gasteiger partial charge is 0.465 e. The van der Waals surface area contributed by atoms with Crippen molar-refractivity contribution in [3.05, 3.63) is 0 Å². The van der Waals surface area contributed by atoms with Crippen molar-refractivity contribution in [1.82, 2.24) is 10.2 Å². The molecule has 0 amide bonds. The van der Waals surface area contributed by atoms with Crippen molar-refractivity contribution >= 4 is 5.97 Å². The summed E-state index contributed by atoms with van der Waals surface area (Å²) in [5.74, 6) is 1.32. The second-order valence-electron chi connectivity index (χ2n) is 6.00. The number of esters is 1. The Bertz CT molecular complexity index is 282. The molecule has 2 aliphatic rings. The maximum absolute atomic E-state index is 12.3. The number of hydrogen-bond donors (Lipinski definition) is 1. The van der Waals surface area contributed by atoms with E-state index in [-0.39, 0.29) is 12.0 Å². The number of nitrogens with zero attached hydrogens (tertiary/aromatic N) is 1. The van der Waals surface area contributed by atoms with Crippen molar-refractivity contribution in [1.29, 1.82) is 0 Å². The number of rotatable bonds is 4. The third-order valence-electron chi connectivity index (χ3n) is 4.58. The molecule has 0 aromatic rings. The Morgan fingerprint density at radius 3 is 2.47 bits per heavy atom. The lowest BCUT2D eigenvalue weighted by atomic mass is 9.78. The third kappa shape index (κ3) is 3.93. The van der Waals surface area contributed by atoms with Gasteiger partial charge in [0.25, 0.3) is 0 Å². The lowest BCUT2D eigenvalue weighted by Crippen LogP contribution is -2.54. The fourth-order valence-electron chi connectivity index (χ4n) is 3.43. The first kappa shape index (κ1) is 14.8. The molecule has 1 saturated heterocycles. The van der Waals surface area contributed by atoms with Gasteiger partial charge in [-0.3, -0.25) is 9.69 Å². The van der Waals surface area contributed by atoms with Gasteiger partial charge in [-0.1, -0.05) is 19.8 Å². The molecule has 1 N–H and O–H groups in total. The molecule has 1 unspecified atom stereocenters. The van der Waals surface area contributed by atoms with Crippen molar-refractivity contribution < 1.29 is 9.53 Å². The predicted molar refractivity (Wildman–Crippen MR) is 76.0 cm³/mol. The van der Waals surface area contributed by atoms with Crippen LogP contribution in [0.2, 0.25) is 0 Å². The van der Waals surface area contributed by atoms with Crippen LogP contribution >= 0.6 is 0 Å². The first-order chi connectivity index (χ1) is 9.22. The number of hydrogen-bond acceptors (Lipinski definition) is 4. The number of nitrogens with one attached hydrogen (secondary N) is 1. The van der Waals surface area contributed by atoms with Gasteiger partial charge in [0.05, 0.1) is 6.61 Å². The molecule has 1 aliphatic carbocycles. The average molecular weight is 268 g/mol. The molecule has 0 aromatic heterocycles. The van der Waals surface area contributed by atoms with E-state index >= 15 is 0 Å². The van der Waals surface area contributed by atoms with Crippen molar-refractivity contribution in [3.63, 3.8) is 0 Å². The molecule has 1 atom stereocenters. The molecule has 4 heteroatoms. The Morgan fingerprint density at radius 1 is 1.26 bits per heavy atom. The summed E-state index contributed by atoms with van der Waals surface area (Å²) in [5, 5.41) is 3.36. The molecule has 0 radical (unpaired) electrons. The van der Waals surface area contributed by atoms with Gasteiger partial charge >= 0.3 is 5.97 Å². The topological polar surface area (TPSA) is 41.6 Å². The molecular formula is C15H28N2O2. The molecular weight excluding hydrogens is 240 g/mol. The summed E-state index contributed by atoms with van der Waals surface area (Å²) in [6.07, 6.45) is 4.86. The van der Waals surface area contributed by atoms with E-state index in [0.29, 0.717) is 12.5 Å². The Labute approximate surface area is 116 Å². The molecule has 0 spiro atoms. The number of ether oxygens (including phenoxy) is 1. The Hall–Kier alpha value is -0.610. The summed E-state index contributed by atoms with van der Waals surface area (Å²) < 4.78 is 5.34. The van der Waals surface area contributed by atoms with Crippen LogP contribution in [0.4, 0.5) is 0 Å². The second-order valence-corrected chi connectivity index (χ2v) is 6.00. The Kier molecular flexibility index (Phi) is 5.64. The van der Waals surface area contributed by atoms with E-state index in [2.05, 4.69) is 17.1 Å². The molecule has 110 valence electrons. The highest BCUT2D eigenvalue weighted by atomic mass is 16.5. The summed E-state index contributed by atoms with van der Waals surface area (Å²) in [4.78, 5) is 14.7. The van der Waals surface area contributed by atoms with Gasteiger partial charge in [0.15, 0.2) is 0 Å². The van der Waals surface area contributed by atoms with Gasteiger partial charge < -0.3 is 10.1 Å². The number of carbonyl (C=O) groups is 1. The van der Waals surface area contributed by atoms with Gasteiger partial charge in [-0.15, -0.1) is 0 Å². The average Bonchev–Trinajstić information content (AvgIpc) is 2.43. The molecule has 0 bridgehead atoms. The summed E-state index contributed by atoms with van der Waals surface area (Å²) in [7, 11) is 0. The third-order valence-corrected chi connectivity index (χ3v) is 4.58. The smallest absolute Gasteiger partial charge is 0.323 e. The van der Waals surface area contributed by atoms with E-state index in [1.54, 1.807) is 0 Å². The fourth-order valence-corrected chi connectivity index (χ4v) is 3.43. The summed E-state index contributed by atoms with van der Waals surface area (Å²) >= 11 is 0. The van der Waals surface area contributed by atoms with Crippen LogP contribution in [0.3, 0.4) is 0 Å². The molecule has 2 rings (SSSR count). The Morgan fingerprint density at radius 2 is 1.89 bits per heavy atom. The van der Waals surface area contributed by atoms with Crippen LogP contribution in [-0.2, 0) is 9.53 Å². The highest BCUT2D eigenvalue weighted by Crippen LogP contribution is 2.33. The number of piperazine rings is 1. The lowest BCUT2D eigenvalue weighted by molar-refractivity contribution is -0.153. The lowest BCUT2D eigenvalue weighted by Gasteiger charge is -2.40. The summed E-state index contributed by atoms with van der Waals surface area (Å²) in [6, 6.07) is -0.00505. The van der Waals surface area contributed by atoms with Crippen molar-refractivity contribution in [2.45, 2.75) is 45.6 Å². The fraction of sp³-hybridized carbons (Fsp3) is 0.933. The summed E-state index contributed by atoms with van der Waals surface area (Å²) in [5.41, 5.74) is 0. The molecule has 4 nitrogen and oxygen atoms in total. The summed E-state index contributed by atoms with van der Waals surface area (Å²) in [6.45, 7) is 8.61. The van der Waals surface area contributed by atoms with E-state index in [4.69, 9.17) is 4.74 Å². The van der Waals surface area contributed by atoms with Crippen LogP contribution in [0, 0.1) is 11.8 Å². The zero-order valence-corrected chi connectivity index (χ0v) is 12.4. The van der Waals surface area contributed by atoms with E-state index in [9.17, 15) is 4.79 Å². The molecule has 2 fully saturated rings. The quantitative estimate of drug-likeness (QED) is 0.787. The van der Waals surface area contributed by atoms with Gasteiger partial charge in [0.2, 0.25) is 0 Å². The second kappa shape index (κ2) is 7.25. The van der Waals surface area contributed by atoms with Crippen molar-refractivity contribution in [2.24, 2.45) is 11.8 Å². The van der Waals surface area contributed by atoms with E-state index in [1.165, 1.54) is 25.7 Å². The van der Waals surface area contributed by atoms with Gasteiger partial charge in [0, 0.05) is 26.2 Å². The SMILES string of the molecule is CCOC(=O)C(C1CCC(C)CC1)N1CCNCC1. The van der Waals surface area contributed by atoms with Gasteiger partial charge in [-0.2, -0.15) is 0 Å². The maximum Gasteiger partial charge on any atom is 0.323 e. The van der Waals surface area contributed by atoms with Gasteiger partial charge in [-0.25, -0.2) is 0 Å². The first-order valence-corrected chi connectivity index (χ1v) is 7.83. The number of carbonyl (C=O) groups excluding carboxylic acids is 1. The van der Waals surface area contributed by atoms with Crippen LogP contribution < -0.4 is 5.32 Å². The van der Waals surface area contributed by atoms with Crippen LogP contribution in [0.25, 0.3) is 0 Å². The highest BCUT2D eigenvalue weighted by Gasteiger charge is 2.36. The highest BCUT2D eigenvalue weighted by molar-refractivity contribution is 5.76. The monoisotopic (exact) mass is 268 g/mol. The van der Waals surface area contributed by atoms with Crippen LogP contribution in [0.15, 0.2) is 0 Å². The van der Waals surface area contributed by atoms with E-state index in [0.717, 1.165) is 32.1 Å². The van der Waals surface area contributed by atoms with Gasteiger partial charge in [0.1, 0.15) is 6.04 Å². The van der Waals surface area contributed by atoms with Crippen LogP contribution in [-0.4, -0.2) is 49.7 Å². The first-order valence-electron chi connectivity index (χ1n) is 7.83. The molecule has 1 aliphatic heterocycles. The van der Waals surface area contributed by atoms with E-state index in [1.807, 2.05) is 6.92 Å². The standard InChI is InChI=1S/C15H28N2O2/c1-3-19-15(18)14(17-10-8-16-9-11-17)13-6-4-12(2)5-7-13/h12-14,16H,3-11H2,1-2H3. The zero-order valence-electron chi connectivity index (χ0n) is 12.4. The molecule has 0 aromatic carbocycles. The van der Waals surface area contributed by atoms with Crippen molar-refractivity contribution in [3.8, 4) is 0 Å². The Balaban J connectivity index is 2.02. The minimum absolute atomic E-state index is 0.00366. The minimum Gasteiger partial charge on any atom is -0.465 e. The maximum atomic E-state index is 12.3. The minimum atomic E-state index is -0.00505. The molecule has 1 saturated carbocycles. The molecule has 1 heterocycles.